The number of hydrogen-bond donors (Lipinski definition) is 1. The molecular weight excluding hydrogens is 170 g/mol. The van der Waals surface area contributed by atoms with Gasteiger partial charge in [-0.2, -0.15) is 0 Å². The van der Waals surface area contributed by atoms with E-state index in [-0.39, 0.29) is 0 Å². The SMILES string of the molecule is CC.CNC1(C)Cc2ccccc2C1. The van der Waals surface area contributed by atoms with E-state index < -0.39 is 0 Å². The fourth-order valence-corrected chi connectivity index (χ4v) is 1.98. The molecule has 78 valence electrons. The van der Waals surface area contributed by atoms with Crippen LogP contribution < -0.4 is 5.32 Å². The highest BCUT2D eigenvalue weighted by molar-refractivity contribution is 5.35. The molecule has 0 saturated carbocycles. The average molecular weight is 191 g/mol. The quantitative estimate of drug-likeness (QED) is 0.719. The molecule has 0 spiro atoms. The summed E-state index contributed by atoms with van der Waals surface area (Å²) in [5.74, 6) is 0. The summed E-state index contributed by atoms with van der Waals surface area (Å²) in [4.78, 5) is 0. The molecule has 1 nitrogen and oxygen atoms in total. The van der Waals surface area contributed by atoms with Gasteiger partial charge in [0.1, 0.15) is 0 Å². The summed E-state index contributed by atoms with van der Waals surface area (Å²) in [5.41, 5.74) is 3.31. The average Bonchev–Trinajstić information content (AvgIpc) is 2.58. The van der Waals surface area contributed by atoms with Gasteiger partial charge in [0, 0.05) is 5.54 Å². The number of benzene rings is 1. The van der Waals surface area contributed by atoms with Gasteiger partial charge in [-0.25, -0.2) is 0 Å². The number of hydrogen-bond acceptors (Lipinski definition) is 1. The summed E-state index contributed by atoms with van der Waals surface area (Å²) < 4.78 is 0. The van der Waals surface area contributed by atoms with Crippen LogP contribution in [0.4, 0.5) is 0 Å². The third-order valence-electron chi connectivity index (χ3n) is 2.88. The summed E-state index contributed by atoms with van der Waals surface area (Å²) in [7, 11) is 2.05. The van der Waals surface area contributed by atoms with Gasteiger partial charge in [0.2, 0.25) is 0 Å². The lowest BCUT2D eigenvalue weighted by atomic mass is 9.99. The molecule has 0 radical (unpaired) electrons. The van der Waals surface area contributed by atoms with E-state index >= 15 is 0 Å². The Bertz CT molecular complexity index is 266. The van der Waals surface area contributed by atoms with Crippen LogP contribution in [-0.4, -0.2) is 12.6 Å². The number of likely N-dealkylation sites (N-methyl/N-ethyl adjacent to an activating group) is 1. The maximum absolute atomic E-state index is 3.39. The largest absolute Gasteiger partial charge is 0.314 e. The van der Waals surface area contributed by atoms with E-state index in [2.05, 4.69) is 36.5 Å². The normalized spacial score (nSPS) is 16.9. The van der Waals surface area contributed by atoms with Crippen molar-refractivity contribution in [3.05, 3.63) is 35.4 Å². The van der Waals surface area contributed by atoms with Crippen molar-refractivity contribution in [1.29, 1.82) is 0 Å². The monoisotopic (exact) mass is 191 g/mol. The molecule has 0 saturated heterocycles. The zero-order chi connectivity index (χ0) is 10.6. The zero-order valence-electron chi connectivity index (χ0n) is 9.72. The topological polar surface area (TPSA) is 12.0 Å². The van der Waals surface area contributed by atoms with Gasteiger partial charge in [-0.15, -0.1) is 0 Å². The molecular formula is C13H21N. The minimum atomic E-state index is 0.295. The van der Waals surface area contributed by atoms with Crippen LogP contribution >= 0.6 is 0 Å². The van der Waals surface area contributed by atoms with Gasteiger partial charge < -0.3 is 5.32 Å². The van der Waals surface area contributed by atoms with Gasteiger partial charge in [-0.05, 0) is 37.9 Å². The van der Waals surface area contributed by atoms with Crippen molar-refractivity contribution in [1.82, 2.24) is 5.32 Å². The lowest BCUT2D eigenvalue weighted by molar-refractivity contribution is 0.406. The van der Waals surface area contributed by atoms with Gasteiger partial charge in [0.25, 0.3) is 0 Å². The van der Waals surface area contributed by atoms with Crippen molar-refractivity contribution in [2.45, 2.75) is 39.2 Å². The summed E-state index contributed by atoms with van der Waals surface area (Å²) in [6.07, 6.45) is 2.33. The van der Waals surface area contributed by atoms with Crippen LogP contribution in [0.25, 0.3) is 0 Å². The summed E-state index contributed by atoms with van der Waals surface area (Å²) in [6.45, 7) is 6.28. The molecule has 0 aliphatic heterocycles. The first-order valence-corrected chi connectivity index (χ1v) is 5.49. The van der Waals surface area contributed by atoms with E-state index in [9.17, 15) is 0 Å². The first-order chi connectivity index (χ1) is 6.73. The maximum Gasteiger partial charge on any atom is 0.0231 e. The maximum atomic E-state index is 3.39. The minimum absolute atomic E-state index is 0.295. The highest BCUT2D eigenvalue weighted by atomic mass is 14.9. The molecule has 0 fully saturated rings. The third kappa shape index (κ3) is 2.16. The van der Waals surface area contributed by atoms with Crippen molar-refractivity contribution in [3.63, 3.8) is 0 Å². The van der Waals surface area contributed by atoms with Crippen molar-refractivity contribution >= 4 is 0 Å². The van der Waals surface area contributed by atoms with E-state index in [1.807, 2.05) is 20.9 Å². The van der Waals surface area contributed by atoms with Gasteiger partial charge in [0.15, 0.2) is 0 Å². The van der Waals surface area contributed by atoms with Gasteiger partial charge in [-0.3, -0.25) is 0 Å². The molecule has 1 heteroatoms. The van der Waals surface area contributed by atoms with E-state index in [1.54, 1.807) is 0 Å². The van der Waals surface area contributed by atoms with Crippen LogP contribution in [0.5, 0.6) is 0 Å². The Morgan fingerprint density at radius 2 is 1.50 bits per heavy atom. The molecule has 0 heterocycles. The first kappa shape index (κ1) is 11.3. The molecule has 0 unspecified atom stereocenters. The fraction of sp³-hybridized carbons (Fsp3) is 0.538. The highest BCUT2D eigenvalue weighted by Crippen LogP contribution is 2.28. The Hall–Kier alpha value is -0.820. The van der Waals surface area contributed by atoms with Crippen LogP contribution in [0.1, 0.15) is 31.9 Å². The second-order valence-corrected chi connectivity index (χ2v) is 3.93. The Balaban J connectivity index is 0.000000461. The zero-order valence-corrected chi connectivity index (χ0v) is 9.72. The lowest BCUT2D eigenvalue weighted by Crippen LogP contribution is -2.40. The van der Waals surface area contributed by atoms with Crippen LogP contribution in [0.15, 0.2) is 24.3 Å². The predicted molar refractivity (Wildman–Crippen MR) is 62.7 cm³/mol. The van der Waals surface area contributed by atoms with Gasteiger partial charge in [-0.1, -0.05) is 38.1 Å². The molecule has 0 aromatic heterocycles. The van der Waals surface area contributed by atoms with E-state index in [0.717, 1.165) is 0 Å². The summed E-state index contributed by atoms with van der Waals surface area (Å²) in [6, 6.07) is 8.72. The van der Waals surface area contributed by atoms with Gasteiger partial charge >= 0.3 is 0 Å². The van der Waals surface area contributed by atoms with Crippen LogP contribution in [0.2, 0.25) is 0 Å². The highest BCUT2D eigenvalue weighted by Gasteiger charge is 2.30. The smallest absolute Gasteiger partial charge is 0.0231 e. The van der Waals surface area contributed by atoms with Gasteiger partial charge in [0.05, 0.1) is 0 Å². The fourth-order valence-electron chi connectivity index (χ4n) is 1.98. The molecule has 1 aromatic carbocycles. The Labute approximate surface area is 87.5 Å². The van der Waals surface area contributed by atoms with E-state index in [4.69, 9.17) is 0 Å². The van der Waals surface area contributed by atoms with E-state index in [1.165, 1.54) is 24.0 Å². The molecule has 0 amide bonds. The summed E-state index contributed by atoms with van der Waals surface area (Å²) >= 11 is 0. The Kier molecular flexibility index (Phi) is 3.70. The van der Waals surface area contributed by atoms with Crippen molar-refractivity contribution in [2.75, 3.05) is 7.05 Å². The molecule has 1 N–H and O–H groups in total. The third-order valence-corrected chi connectivity index (χ3v) is 2.88. The molecule has 0 bridgehead atoms. The first-order valence-electron chi connectivity index (χ1n) is 5.49. The predicted octanol–water partition coefficient (Wildman–Crippen LogP) is 2.79. The van der Waals surface area contributed by atoms with Crippen LogP contribution in [-0.2, 0) is 12.8 Å². The molecule has 0 atom stereocenters. The minimum Gasteiger partial charge on any atom is -0.314 e. The Morgan fingerprint density at radius 1 is 1.07 bits per heavy atom. The summed E-state index contributed by atoms with van der Waals surface area (Å²) in [5, 5.41) is 3.39. The van der Waals surface area contributed by atoms with Crippen molar-refractivity contribution in [3.8, 4) is 0 Å². The van der Waals surface area contributed by atoms with Crippen molar-refractivity contribution < 1.29 is 0 Å². The van der Waals surface area contributed by atoms with E-state index in [0.29, 0.717) is 5.54 Å². The molecule has 1 aliphatic carbocycles. The van der Waals surface area contributed by atoms with Crippen molar-refractivity contribution in [2.24, 2.45) is 0 Å². The molecule has 14 heavy (non-hydrogen) atoms. The molecule has 2 rings (SSSR count). The number of rotatable bonds is 1. The molecule has 1 aliphatic rings. The standard InChI is InChI=1S/C11H15N.C2H6/c1-11(12-2)7-9-5-3-4-6-10(9)8-11;1-2/h3-6,12H,7-8H2,1-2H3;1-2H3. The second kappa shape index (κ2) is 4.61. The molecule has 1 aromatic rings. The Morgan fingerprint density at radius 3 is 1.86 bits per heavy atom. The number of nitrogens with one attached hydrogen (secondary N) is 1. The number of fused-ring (bicyclic) bond motifs is 1. The lowest BCUT2D eigenvalue weighted by Gasteiger charge is -2.22. The second-order valence-electron chi connectivity index (χ2n) is 3.93. The van der Waals surface area contributed by atoms with Crippen LogP contribution in [0, 0.1) is 0 Å². The van der Waals surface area contributed by atoms with Crippen LogP contribution in [0.3, 0.4) is 0 Å².